The normalized spacial score (nSPS) is 32.0. The molecule has 3 atom stereocenters. The van der Waals surface area contributed by atoms with Gasteiger partial charge in [0, 0.05) is 17.7 Å². The molecule has 4 rings (SSSR count). The predicted octanol–water partition coefficient (Wildman–Crippen LogP) is 6.58. The first kappa shape index (κ1) is 22.1. The Bertz CT molecular complexity index is 388. The van der Waals surface area contributed by atoms with Crippen LogP contribution in [-0.4, -0.2) is 23.0 Å². The highest BCUT2D eigenvalue weighted by Gasteiger charge is 2.42. The molecule has 0 aromatic heterocycles. The lowest BCUT2D eigenvalue weighted by Gasteiger charge is -2.18. The van der Waals surface area contributed by atoms with Crippen molar-refractivity contribution < 1.29 is 4.79 Å². The van der Waals surface area contributed by atoms with Gasteiger partial charge >= 0.3 is 0 Å². The number of hydrogen-bond donors (Lipinski definition) is 1. The molecule has 0 aromatic rings. The van der Waals surface area contributed by atoms with Crippen molar-refractivity contribution in [1.82, 2.24) is 5.32 Å². The zero-order valence-electron chi connectivity index (χ0n) is 17.6. The van der Waals surface area contributed by atoms with E-state index < -0.39 is 0 Å². The van der Waals surface area contributed by atoms with E-state index in [1.165, 1.54) is 82.8 Å². The topological polar surface area (TPSA) is 29.1 Å². The van der Waals surface area contributed by atoms with Crippen LogP contribution >= 0.6 is 11.8 Å². The molecule has 0 radical (unpaired) electrons. The van der Waals surface area contributed by atoms with Crippen molar-refractivity contribution in [2.75, 3.05) is 5.75 Å². The smallest absolute Gasteiger partial charge is 0.220 e. The lowest BCUT2D eigenvalue weighted by Crippen LogP contribution is -2.34. The molecular formula is C23H43NOS. The highest BCUT2D eigenvalue weighted by Crippen LogP contribution is 2.38. The van der Waals surface area contributed by atoms with Crippen LogP contribution in [-0.2, 0) is 4.79 Å². The van der Waals surface area contributed by atoms with Crippen molar-refractivity contribution in [2.45, 2.75) is 116 Å². The molecule has 2 aliphatic carbocycles. The molecule has 0 bridgehead atoms. The van der Waals surface area contributed by atoms with Gasteiger partial charge in [-0.1, -0.05) is 91.4 Å². The van der Waals surface area contributed by atoms with Crippen molar-refractivity contribution in [3.63, 3.8) is 0 Å². The van der Waals surface area contributed by atoms with E-state index >= 15 is 0 Å². The average Bonchev–Trinajstić information content (AvgIpc) is 3.23. The van der Waals surface area contributed by atoms with Crippen LogP contribution in [0.4, 0.5) is 0 Å². The number of nitrogens with one attached hydrogen (secondary N) is 1. The van der Waals surface area contributed by atoms with E-state index in [1.54, 1.807) is 0 Å². The lowest BCUT2D eigenvalue weighted by atomic mass is 9.88. The Morgan fingerprint density at radius 3 is 2.00 bits per heavy atom. The highest BCUT2D eigenvalue weighted by molar-refractivity contribution is 8.00. The van der Waals surface area contributed by atoms with Crippen LogP contribution < -0.4 is 5.32 Å². The van der Waals surface area contributed by atoms with Crippen molar-refractivity contribution in [1.29, 1.82) is 0 Å². The van der Waals surface area contributed by atoms with Gasteiger partial charge in [-0.05, 0) is 29.9 Å². The van der Waals surface area contributed by atoms with E-state index in [-0.39, 0.29) is 5.91 Å². The summed E-state index contributed by atoms with van der Waals surface area (Å²) in [5.74, 6) is 4.20. The van der Waals surface area contributed by atoms with Gasteiger partial charge in [-0.2, -0.15) is 11.8 Å². The molecule has 1 amide bonds. The minimum atomic E-state index is 0.263. The monoisotopic (exact) mass is 381 g/mol. The SMILES string of the molecule is CC1CCCCC1.CCC1CCCCC1.CC[C@@H]1SC[C@@H]2CC(=O)N[C@@H]21. The molecule has 1 N–H and O–H groups in total. The summed E-state index contributed by atoms with van der Waals surface area (Å²) in [6.45, 7) is 6.87. The van der Waals surface area contributed by atoms with Gasteiger partial charge in [-0.15, -0.1) is 0 Å². The molecule has 2 heterocycles. The third kappa shape index (κ3) is 7.44. The fraction of sp³-hybridized carbons (Fsp3) is 0.957. The van der Waals surface area contributed by atoms with Crippen molar-refractivity contribution in [3.05, 3.63) is 0 Å². The van der Waals surface area contributed by atoms with E-state index in [1.807, 2.05) is 11.8 Å². The number of fused-ring (bicyclic) bond motifs is 1. The van der Waals surface area contributed by atoms with Crippen LogP contribution in [0.5, 0.6) is 0 Å². The number of hydrogen-bond acceptors (Lipinski definition) is 2. The summed E-state index contributed by atoms with van der Waals surface area (Å²) in [6.07, 6.45) is 18.3. The van der Waals surface area contributed by atoms with E-state index in [2.05, 4.69) is 26.1 Å². The number of thioether (sulfide) groups is 1. The summed E-state index contributed by atoms with van der Waals surface area (Å²) in [7, 11) is 0. The Balaban J connectivity index is 0.000000145. The minimum absolute atomic E-state index is 0.263. The van der Waals surface area contributed by atoms with Gasteiger partial charge in [-0.25, -0.2) is 0 Å². The molecule has 26 heavy (non-hydrogen) atoms. The molecule has 2 nitrogen and oxygen atoms in total. The van der Waals surface area contributed by atoms with Gasteiger partial charge in [0.05, 0.1) is 0 Å². The van der Waals surface area contributed by atoms with Gasteiger partial charge < -0.3 is 5.32 Å². The number of amides is 1. The second-order valence-corrected chi connectivity index (χ2v) is 10.3. The largest absolute Gasteiger partial charge is 0.352 e. The fourth-order valence-corrected chi connectivity index (χ4v) is 6.46. The fourth-order valence-electron chi connectivity index (χ4n) is 4.91. The van der Waals surface area contributed by atoms with Crippen molar-refractivity contribution in [2.24, 2.45) is 17.8 Å². The summed E-state index contributed by atoms with van der Waals surface area (Å²) < 4.78 is 0. The van der Waals surface area contributed by atoms with Crippen LogP contribution in [0.15, 0.2) is 0 Å². The maximum Gasteiger partial charge on any atom is 0.220 e. The van der Waals surface area contributed by atoms with Crippen LogP contribution in [0.1, 0.15) is 104 Å². The van der Waals surface area contributed by atoms with Crippen LogP contribution in [0.25, 0.3) is 0 Å². The molecule has 3 heteroatoms. The third-order valence-electron chi connectivity index (χ3n) is 6.81. The van der Waals surface area contributed by atoms with E-state index in [0.29, 0.717) is 17.2 Å². The van der Waals surface area contributed by atoms with E-state index in [0.717, 1.165) is 18.3 Å². The average molecular weight is 382 g/mol. The molecule has 0 spiro atoms. The molecule has 2 saturated heterocycles. The molecule has 0 unspecified atom stereocenters. The zero-order chi connectivity index (χ0) is 18.8. The Kier molecular flexibility index (Phi) is 10.5. The second kappa shape index (κ2) is 12.3. The summed E-state index contributed by atoms with van der Waals surface area (Å²) in [6, 6.07) is 0.498. The summed E-state index contributed by atoms with van der Waals surface area (Å²) in [4.78, 5) is 11.0. The standard InChI is InChI=1S/C8H13NOS.C8H16.C7H14/c1-2-6-8-5(4-11-6)3-7(10)9-8;1-2-8-6-4-3-5-7-8;1-7-5-3-2-4-6-7/h5-6,8H,2-4H2,1H3,(H,9,10);8H,2-7H2,1H3;7H,2-6H2,1H3/t5-,6-,8-;;/m0../s1. The molecule has 152 valence electrons. The maximum atomic E-state index is 11.0. The molecular weight excluding hydrogens is 338 g/mol. The number of carbonyl (C=O) groups is 1. The molecule has 4 fully saturated rings. The molecule has 4 aliphatic rings. The zero-order valence-corrected chi connectivity index (χ0v) is 18.4. The van der Waals surface area contributed by atoms with E-state index in [4.69, 9.17) is 0 Å². The van der Waals surface area contributed by atoms with Gasteiger partial charge in [0.25, 0.3) is 0 Å². The summed E-state index contributed by atoms with van der Waals surface area (Å²) in [5, 5.41) is 3.74. The Morgan fingerprint density at radius 1 is 0.923 bits per heavy atom. The summed E-state index contributed by atoms with van der Waals surface area (Å²) >= 11 is 2.02. The van der Waals surface area contributed by atoms with Crippen LogP contribution in [0.3, 0.4) is 0 Å². The molecule has 2 saturated carbocycles. The first-order valence-electron chi connectivity index (χ1n) is 11.5. The van der Waals surface area contributed by atoms with Crippen molar-refractivity contribution >= 4 is 17.7 Å². The Morgan fingerprint density at radius 2 is 1.54 bits per heavy atom. The van der Waals surface area contributed by atoms with Gasteiger partial charge in [0.1, 0.15) is 0 Å². The number of rotatable bonds is 2. The first-order valence-corrected chi connectivity index (χ1v) is 12.6. The van der Waals surface area contributed by atoms with Gasteiger partial charge in [0.15, 0.2) is 0 Å². The lowest BCUT2D eigenvalue weighted by molar-refractivity contribution is -0.119. The van der Waals surface area contributed by atoms with E-state index in [9.17, 15) is 4.79 Å². The number of carbonyl (C=O) groups excluding carboxylic acids is 1. The maximum absolute atomic E-state index is 11.0. The van der Waals surface area contributed by atoms with Crippen LogP contribution in [0.2, 0.25) is 0 Å². The molecule has 0 aromatic carbocycles. The quantitative estimate of drug-likeness (QED) is 0.585. The van der Waals surface area contributed by atoms with Gasteiger partial charge in [-0.3, -0.25) is 4.79 Å². The summed E-state index contributed by atoms with van der Waals surface area (Å²) in [5.41, 5.74) is 0. The predicted molar refractivity (Wildman–Crippen MR) is 116 cm³/mol. The Hall–Kier alpha value is -0.180. The Labute approximate surface area is 167 Å². The second-order valence-electron chi connectivity index (χ2n) is 8.99. The van der Waals surface area contributed by atoms with Crippen LogP contribution in [0, 0.1) is 17.8 Å². The highest BCUT2D eigenvalue weighted by atomic mass is 32.2. The first-order chi connectivity index (χ1) is 12.6. The molecule has 2 aliphatic heterocycles. The van der Waals surface area contributed by atoms with Gasteiger partial charge in [0.2, 0.25) is 5.91 Å². The van der Waals surface area contributed by atoms with Crippen molar-refractivity contribution in [3.8, 4) is 0 Å². The third-order valence-corrected chi connectivity index (χ3v) is 8.48. The minimum Gasteiger partial charge on any atom is -0.352 e.